The Kier molecular flexibility index (Phi) is 7.26. The van der Waals surface area contributed by atoms with Crippen molar-refractivity contribution in [2.24, 2.45) is 5.73 Å². The van der Waals surface area contributed by atoms with Gasteiger partial charge in [0.1, 0.15) is 27.7 Å². The van der Waals surface area contributed by atoms with Crippen LogP contribution in [0.4, 0.5) is 5.88 Å². The predicted octanol–water partition coefficient (Wildman–Crippen LogP) is 3.36. The molecule has 32 heavy (non-hydrogen) atoms. The number of amides is 2. The minimum atomic E-state index is -0.910. The summed E-state index contributed by atoms with van der Waals surface area (Å²) in [4.78, 5) is 45.4. The van der Waals surface area contributed by atoms with Gasteiger partial charge in [-0.3, -0.25) is 14.9 Å². The Balaban J connectivity index is 1.75. The molecular weight excluding hydrogens is 432 g/mol. The maximum Gasteiger partial charge on any atom is 0.342 e. The zero-order valence-corrected chi connectivity index (χ0v) is 18.6. The topological polar surface area (TPSA) is 137 Å². The zero-order chi connectivity index (χ0) is 23.3. The number of esters is 1. The molecule has 0 aliphatic heterocycles. The van der Waals surface area contributed by atoms with Gasteiger partial charge >= 0.3 is 5.97 Å². The Hall–Kier alpha value is -3.66. The quantitative estimate of drug-likeness (QED) is 0.300. The number of carbonyl (C=O) groups is 3. The van der Waals surface area contributed by atoms with Crippen molar-refractivity contribution in [3.05, 3.63) is 59.1 Å². The van der Waals surface area contributed by atoms with Crippen LogP contribution in [0.2, 0.25) is 0 Å². The molecule has 3 rings (SSSR count). The lowest BCUT2D eigenvalue weighted by atomic mass is 10.1. The molecule has 0 aliphatic carbocycles. The fourth-order valence-corrected chi connectivity index (χ4v) is 3.73. The van der Waals surface area contributed by atoms with Gasteiger partial charge in [0.15, 0.2) is 0 Å². The number of ether oxygens (including phenoxy) is 1. The van der Waals surface area contributed by atoms with Crippen molar-refractivity contribution < 1.29 is 23.5 Å². The third-order valence-corrected chi connectivity index (χ3v) is 5.21. The molecule has 10 heteroatoms. The van der Waals surface area contributed by atoms with Crippen LogP contribution in [-0.4, -0.2) is 40.1 Å². The van der Waals surface area contributed by atoms with Crippen LogP contribution in [0.3, 0.4) is 0 Å². The lowest BCUT2D eigenvalue weighted by Gasteiger charge is -2.07. The molecule has 2 heterocycles. The number of hydrogen-bond acceptors (Lipinski definition) is 8. The number of carbonyl (C=O) groups excluding carboxylic acids is 3. The van der Waals surface area contributed by atoms with Gasteiger partial charge < -0.3 is 14.9 Å². The molecule has 0 bridgehead atoms. The monoisotopic (exact) mass is 454 g/mol. The molecule has 0 saturated carbocycles. The largest absolute Gasteiger partial charge is 0.462 e. The first-order chi connectivity index (χ1) is 15.3. The Labute approximate surface area is 188 Å². The second-order valence-electron chi connectivity index (χ2n) is 6.66. The van der Waals surface area contributed by atoms with Crippen LogP contribution in [0.5, 0.6) is 0 Å². The fourth-order valence-electron chi connectivity index (χ4n) is 2.99. The Morgan fingerprint density at radius 3 is 2.50 bits per heavy atom. The third-order valence-electron chi connectivity index (χ3n) is 4.30. The van der Waals surface area contributed by atoms with E-state index in [9.17, 15) is 14.4 Å². The van der Waals surface area contributed by atoms with Crippen LogP contribution in [0.15, 0.2) is 45.8 Å². The maximum absolute atomic E-state index is 12.5. The van der Waals surface area contributed by atoms with Crippen molar-refractivity contribution in [2.45, 2.75) is 25.8 Å². The summed E-state index contributed by atoms with van der Waals surface area (Å²) in [6.45, 7) is 5.01. The van der Waals surface area contributed by atoms with Gasteiger partial charge in [-0.05, 0) is 26.8 Å². The van der Waals surface area contributed by atoms with Gasteiger partial charge in [0.05, 0.1) is 18.1 Å². The standard InChI is InChI=1S/C22H22N4O5S/c1-4-30-22(29)18-12(2)31-21(19(18)20(23)28)26-16(27)11-32-17-10-15(24-13(3)25-17)14-8-6-5-7-9-14/h5-10H,4,11H2,1-3H3,(H2,23,28)(H,26,27). The molecule has 0 atom stereocenters. The molecule has 0 fully saturated rings. The first-order valence-corrected chi connectivity index (χ1v) is 10.7. The van der Waals surface area contributed by atoms with E-state index in [1.54, 1.807) is 19.9 Å². The number of aromatic nitrogens is 2. The van der Waals surface area contributed by atoms with Gasteiger partial charge in [0, 0.05) is 5.56 Å². The van der Waals surface area contributed by atoms with Crippen LogP contribution in [-0.2, 0) is 9.53 Å². The third kappa shape index (κ3) is 5.33. The molecule has 0 aliphatic rings. The van der Waals surface area contributed by atoms with E-state index in [2.05, 4.69) is 15.3 Å². The minimum absolute atomic E-state index is 0.0165. The highest BCUT2D eigenvalue weighted by atomic mass is 32.2. The van der Waals surface area contributed by atoms with Crippen LogP contribution in [0.25, 0.3) is 11.3 Å². The molecule has 0 saturated heterocycles. The SMILES string of the molecule is CCOC(=O)c1c(C)oc(NC(=O)CSc2cc(-c3ccccc3)nc(C)n2)c1C(N)=O. The summed E-state index contributed by atoms with van der Waals surface area (Å²) < 4.78 is 10.4. The number of aryl methyl sites for hydroxylation is 2. The van der Waals surface area contributed by atoms with Crippen molar-refractivity contribution in [3.63, 3.8) is 0 Å². The van der Waals surface area contributed by atoms with Crippen LogP contribution in [0.1, 0.15) is 39.2 Å². The molecule has 166 valence electrons. The lowest BCUT2D eigenvalue weighted by molar-refractivity contribution is -0.113. The smallest absolute Gasteiger partial charge is 0.342 e. The highest BCUT2D eigenvalue weighted by Crippen LogP contribution is 2.28. The summed E-state index contributed by atoms with van der Waals surface area (Å²) in [6, 6.07) is 11.4. The Morgan fingerprint density at radius 2 is 1.84 bits per heavy atom. The maximum atomic E-state index is 12.5. The molecule has 0 unspecified atom stereocenters. The zero-order valence-electron chi connectivity index (χ0n) is 17.8. The van der Waals surface area contributed by atoms with Gasteiger partial charge in [-0.2, -0.15) is 0 Å². The van der Waals surface area contributed by atoms with Gasteiger partial charge in [-0.1, -0.05) is 42.1 Å². The van der Waals surface area contributed by atoms with Crippen molar-refractivity contribution in [3.8, 4) is 11.3 Å². The summed E-state index contributed by atoms with van der Waals surface area (Å²) in [5, 5.41) is 3.12. The van der Waals surface area contributed by atoms with E-state index in [1.807, 2.05) is 30.3 Å². The molecule has 2 amide bonds. The van der Waals surface area contributed by atoms with Crippen molar-refractivity contribution in [1.29, 1.82) is 0 Å². The number of nitrogens with one attached hydrogen (secondary N) is 1. The van der Waals surface area contributed by atoms with Gasteiger partial charge in [0.25, 0.3) is 5.91 Å². The molecule has 3 N–H and O–H groups in total. The number of rotatable bonds is 8. The second kappa shape index (κ2) is 10.1. The van der Waals surface area contributed by atoms with Crippen LogP contribution >= 0.6 is 11.8 Å². The Bertz CT molecular complexity index is 1160. The molecule has 0 radical (unpaired) electrons. The van der Waals surface area contributed by atoms with E-state index >= 15 is 0 Å². The van der Waals surface area contributed by atoms with Crippen LogP contribution < -0.4 is 11.1 Å². The second-order valence-corrected chi connectivity index (χ2v) is 7.66. The summed E-state index contributed by atoms with van der Waals surface area (Å²) in [6.07, 6.45) is 0. The Morgan fingerprint density at radius 1 is 1.12 bits per heavy atom. The van der Waals surface area contributed by atoms with Crippen molar-refractivity contribution in [2.75, 3.05) is 17.7 Å². The number of primary amides is 1. The highest BCUT2D eigenvalue weighted by Gasteiger charge is 2.29. The van der Waals surface area contributed by atoms with E-state index in [0.717, 1.165) is 11.3 Å². The van der Waals surface area contributed by atoms with Gasteiger partial charge in [0.2, 0.25) is 11.8 Å². The van der Waals surface area contributed by atoms with Gasteiger partial charge in [-0.15, -0.1) is 0 Å². The molecule has 2 aromatic heterocycles. The number of hydrogen-bond donors (Lipinski definition) is 2. The summed E-state index contributed by atoms with van der Waals surface area (Å²) >= 11 is 1.20. The number of nitrogens with zero attached hydrogens (tertiary/aromatic N) is 2. The van der Waals surface area contributed by atoms with Gasteiger partial charge in [-0.25, -0.2) is 14.8 Å². The molecule has 0 spiro atoms. The first-order valence-electron chi connectivity index (χ1n) is 9.74. The highest BCUT2D eigenvalue weighted by molar-refractivity contribution is 7.99. The van der Waals surface area contributed by atoms with E-state index in [1.165, 1.54) is 18.7 Å². The normalized spacial score (nSPS) is 10.6. The van der Waals surface area contributed by atoms with Crippen molar-refractivity contribution >= 4 is 35.4 Å². The van der Waals surface area contributed by atoms with E-state index in [4.69, 9.17) is 14.9 Å². The number of furan rings is 1. The molecule has 9 nitrogen and oxygen atoms in total. The van der Waals surface area contributed by atoms with E-state index in [0.29, 0.717) is 10.9 Å². The van der Waals surface area contributed by atoms with Crippen molar-refractivity contribution in [1.82, 2.24) is 9.97 Å². The number of anilines is 1. The number of nitrogens with two attached hydrogens (primary N) is 1. The minimum Gasteiger partial charge on any atom is -0.462 e. The average molecular weight is 455 g/mol. The average Bonchev–Trinajstić information content (AvgIpc) is 3.08. The number of thioether (sulfide) groups is 1. The fraction of sp³-hybridized carbons (Fsp3) is 0.227. The summed E-state index contributed by atoms with van der Waals surface area (Å²) in [5.74, 6) is -1.62. The molecule has 3 aromatic rings. The lowest BCUT2D eigenvalue weighted by Crippen LogP contribution is -2.21. The molecular formula is C22H22N4O5S. The number of benzene rings is 1. The summed E-state index contributed by atoms with van der Waals surface area (Å²) in [7, 11) is 0. The van der Waals surface area contributed by atoms with Crippen LogP contribution in [0, 0.1) is 13.8 Å². The molecule has 1 aromatic carbocycles. The summed E-state index contributed by atoms with van der Waals surface area (Å²) in [5.41, 5.74) is 6.78. The van der Waals surface area contributed by atoms with E-state index in [-0.39, 0.29) is 35.1 Å². The first kappa shape index (κ1) is 23.0. The van der Waals surface area contributed by atoms with E-state index < -0.39 is 17.8 Å². The predicted molar refractivity (Wildman–Crippen MR) is 119 cm³/mol.